The molecule has 1 heterocycles. The molecule has 0 aliphatic rings. The van der Waals surface area contributed by atoms with Gasteiger partial charge in [-0.25, -0.2) is 0 Å². The number of halogens is 1. The number of hydrogen-bond donors (Lipinski definition) is 0. The van der Waals surface area contributed by atoms with E-state index in [9.17, 15) is 4.79 Å². The molecule has 3 heteroatoms. The van der Waals surface area contributed by atoms with Gasteiger partial charge in [0.15, 0.2) is 0 Å². The predicted molar refractivity (Wildman–Crippen MR) is 93.0 cm³/mol. The minimum Gasteiger partial charge on any atom is -0.283 e. The highest BCUT2D eigenvalue weighted by molar-refractivity contribution is 9.10. The highest BCUT2D eigenvalue weighted by Crippen LogP contribution is 2.32. The van der Waals surface area contributed by atoms with Gasteiger partial charge in [-0.1, -0.05) is 57.2 Å². The Hall–Kier alpha value is -1.09. The van der Waals surface area contributed by atoms with Crippen LogP contribution in [0.1, 0.15) is 62.9 Å². The number of fused-ring (bicyclic) bond motifs is 1. The van der Waals surface area contributed by atoms with Crippen molar-refractivity contribution in [2.45, 2.75) is 58.8 Å². The molecule has 0 fully saturated rings. The van der Waals surface area contributed by atoms with Gasteiger partial charge in [-0.3, -0.25) is 9.36 Å². The number of nitrogens with zero attached hydrogens (tertiary/aromatic N) is 1. The maximum absolute atomic E-state index is 12.0. The smallest absolute Gasteiger partial charge is 0.228 e. The van der Waals surface area contributed by atoms with Gasteiger partial charge in [-0.15, -0.1) is 0 Å². The van der Waals surface area contributed by atoms with Gasteiger partial charge >= 0.3 is 0 Å². The van der Waals surface area contributed by atoms with Crippen LogP contribution in [0.25, 0.3) is 10.9 Å². The summed E-state index contributed by atoms with van der Waals surface area (Å²) in [6.45, 7) is 3.88. The molecule has 2 nitrogen and oxygen atoms in total. The third kappa shape index (κ3) is 3.76. The zero-order valence-electron chi connectivity index (χ0n) is 13.0. The average molecular weight is 350 g/mol. The molecule has 1 aromatic heterocycles. The van der Waals surface area contributed by atoms with E-state index >= 15 is 0 Å². The SMILES string of the molecule is CCCCCCCCc1c(Br)c2ccccc2n1C(C)=O. The zero-order chi connectivity index (χ0) is 15.2. The number of hydrogen-bond acceptors (Lipinski definition) is 1. The molecule has 0 aliphatic heterocycles. The molecular weight excluding hydrogens is 326 g/mol. The summed E-state index contributed by atoms with van der Waals surface area (Å²) in [5.41, 5.74) is 2.14. The highest BCUT2D eigenvalue weighted by Gasteiger charge is 2.16. The Morgan fingerprint density at radius 1 is 1.10 bits per heavy atom. The minimum absolute atomic E-state index is 0.0953. The quantitative estimate of drug-likeness (QED) is 0.564. The van der Waals surface area contributed by atoms with Crippen molar-refractivity contribution in [3.8, 4) is 0 Å². The summed E-state index contributed by atoms with van der Waals surface area (Å²) < 4.78 is 2.95. The second kappa shape index (κ2) is 7.79. The molecular formula is C18H24BrNO. The molecule has 114 valence electrons. The van der Waals surface area contributed by atoms with E-state index in [1.807, 2.05) is 22.8 Å². The van der Waals surface area contributed by atoms with Crippen molar-refractivity contribution in [3.05, 3.63) is 34.4 Å². The Morgan fingerprint density at radius 2 is 1.76 bits per heavy atom. The van der Waals surface area contributed by atoms with Gasteiger partial charge in [0.1, 0.15) is 0 Å². The van der Waals surface area contributed by atoms with E-state index in [0.29, 0.717) is 0 Å². The lowest BCUT2D eigenvalue weighted by Crippen LogP contribution is -2.09. The van der Waals surface area contributed by atoms with Crippen LogP contribution in [0, 0.1) is 0 Å². The second-order valence-corrected chi connectivity index (χ2v) is 6.44. The van der Waals surface area contributed by atoms with Crippen LogP contribution in [0.3, 0.4) is 0 Å². The van der Waals surface area contributed by atoms with Crippen molar-refractivity contribution in [3.63, 3.8) is 0 Å². The molecule has 0 radical (unpaired) electrons. The lowest BCUT2D eigenvalue weighted by molar-refractivity contribution is 0.0938. The van der Waals surface area contributed by atoms with Gasteiger partial charge in [-0.05, 0) is 34.8 Å². The largest absolute Gasteiger partial charge is 0.283 e. The van der Waals surface area contributed by atoms with Gasteiger partial charge in [0.25, 0.3) is 0 Å². The molecule has 2 aromatic rings. The van der Waals surface area contributed by atoms with Gasteiger partial charge in [-0.2, -0.15) is 0 Å². The van der Waals surface area contributed by atoms with Crippen LogP contribution >= 0.6 is 15.9 Å². The minimum atomic E-state index is 0.0953. The molecule has 2 rings (SSSR count). The van der Waals surface area contributed by atoms with E-state index in [-0.39, 0.29) is 5.91 Å². The van der Waals surface area contributed by atoms with E-state index in [2.05, 4.69) is 28.9 Å². The van der Waals surface area contributed by atoms with Crippen molar-refractivity contribution < 1.29 is 4.79 Å². The van der Waals surface area contributed by atoms with Crippen molar-refractivity contribution >= 4 is 32.7 Å². The lowest BCUT2D eigenvalue weighted by Gasteiger charge is -2.07. The summed E-state index contributed by atoms with van der Waals surface area (Å²) in [7, 11) is 0. The van der Waals surface area contributed by atoms with Crippen LogP contribution in [-0.4, -0.2) is 10.5 Å². The first-order chi connectivity index (χ1) is 10.2. The zero-order valence-corrected chi connectivity index (χ0v) is 14.6. The third-order valence-electron chi connectivity index (χ3n) is 3.99. The first-order valence-corrected chi connectivity index (χ1v) is 8.74. The Kier molecular flexibility index (Phi) is 6.04. The molecule has 0 unspecified atom stereocenters. The molecule has 0 amide bonds. The topological polar surface area (TPSA) is 22.0 Å². The fourth-order valence-electron chi connectivity index (χ4n) is 2.91. The highest BCUT2D eigenvalue weighted by atomic mass is 79.9. The molecule has 1 aromatic carbocycles. The lowest BCUT2D eigenvalue weighted by atomic mass is 10.1. The summed E-state index contributed by atoms with van der Waals surface area (Å²) in [5, 5.41) is 1.13. The summed E-state index contributed by atoms with van der Waals surface area (Å²) in [5.74, 6) is 0.0953. The monoisotopic (exact) mass is 349 g/mol. The molecule has 0 bridgehead atoms. The number of para-hydroxylation sites is 1. The first kappa shape index (κ1) is 16.3. The molecule has 0 saturated carbocycles. The second-order valence-electron chi connectivity index (χ2n) is 5.65. The Bertz CT molecular complexity index is 615. The Balaban J connectivity index is 2.13. The van der Waals surface area contributed by atoms with Gasteiger partial charge in [0.2, 0.25) is 5.91 Å². The number of unbranched alkanes of at least 4 members (excludes halogenated alkanes) is 5. The molecule has 0 saturated heterocycles. The summed E-state index contributed by atoms with van der Waals surface area (Å²) in [6.07, 6.45) is 8.58. The number of carbonyl (C=O) groups is 1. The van der Waals surface area contributed by atoms with Crippen LogP contribution < -0.4 is 0 Å². The van der Waals surface area contributed by atoms with Crippen LogP contribution in [0.15, 0.2) is 28.7 Å². The van der Waals surface area contributed by atoms with Crippen LogP contribution in [0.5, 0.6) is 0 Å². The number of benzene rings is 1. The van der Waals surface area contributed by atoms with E-state index in [0.717, 1.165) is 33.9 Å². The molecule has 0 spiro atoms. The van der Waals surface area contributed by atoms with Crippen molar-refractivity contribution in [1.29, 1.82) is 0 Å². The summed E-state index contributed by atoms with van der Waals surface area (Å²) in [4.78, 5) is 12.0. The third-order valence-corrected chi connectivity index (χ3v) is 4.87. The van der Waals surface area contributed by atoms with Gasteiger partial charge in [0.05, 0.1) is 5.52 Å². The number of carbonyl (C=O) groups excluding carboxylic acids is 1. The Labute approximate surface area is 135 Å². The predicted octanol–water partition coefficient (Wildman–Crippen LogP) is 5.97. The van der Waals surface area contributed by atoms with E-state index < -0.39 is 0 Å². The van der Waals surface area contributed by atoms with Gasteiger partial charge < -0.3 is 0 Å². The van der Waals surface area contributed by atoms with E-state index in [1.165, 1.54) is 32.1 Å². The maximum atomic E-state index is 12.0. The van der Waals surface area contributed by atoms with Crippen molar-refractivity contribution in [1.82, 2.24) is 4.57 Å². The fraction of sp³-hybridized carbons (Fsp3) is 0.500. The van der Waals surface area contributed by atoms with Crippen molar-refractivity contribution in [2.75, 3.05) is 0 Å². The Morgan fingerprint density at radius 3 is 2.48 bits per heavy atom. The molecule has 0 aliphatic carbocycles. The molecule has 0 atom stereocenters. The summed E-state index contributed by atoms with van der Waals surface area (Å²) in [6, 6.07) is 8.10. The fourth-order valence-corrected chi connectivity index (χ4v) is 3.62. The maximum Gasteiger partial charge on any atom is 0.228 e. The van der Waals surface area contributed by atoms with Crippen LogP contribution in [-0.2, 0) is 6.42 Å². The standard InChI is InChI=1S/C18H24BrNO/c1-3-4-5-6-7-8-13-17-18(19)15-11-9-10-12-16(15)20(17)14(2)21/h9-12H,3-8,13H2,1-2H3. The van der Waals surface area contributed by atoms with Crippen LogP contribution in [0.4, 0.5) is 0 Å². The van der Waals surface area contributed by atoms with E-state index in [1.54, 1.807) is 6.92 Å². The normalized spacial score (nSPS) is 11.2. The van der Waals surface area contributed by atoms with Gasteiger partial charge in [0, 0.05) is 22.5 Å². The van der Waals surface area contributed by atoms with Crippen LogP contribution in [0.2, 0.25) is 0 Å². The first-order valence-electron chi connectivity index (χ1n) is 7.95. The molecule has 21 heavy (non-hydrogen) atoms. The average Bonchev–Trinajstić information content (AvgIpc) is 2.76. The van der Waals surface area contributed by atoms with E-state index in [4.69, 9.17) is 0 Å². The number of rotatable bonds is 7. The molecule has 0 N–H and O–H groups in total. The van der Waals surface area contributed by atoms with Crippen molar-refractivity contribution in [2.24, 2.45) is 0 Å². The summed E-state index contributed by atoms with van der Waals surface area (Å²) >= 11 is 3.69. The number of aromatic nitrogens is 1.